The molecule has 1 aliphatic rings. The van der Waals surface area contributed by atoms with E-state index >= 15 is 0 Å². The van der Waals surface area contributed by atoms with E-state index in [1.54, 1.807) is 11.6 Å². The molecular formula is C26H27F5N8O. The predicted molar refractivity (Wildman–Crippen MR) is 134 cm³/mol. The number of anilines is 1. The van der Waals surface area contributed by atoms with Gasteiger partial charge in [0.2, 0.25) is 5.95 Å². The SMILES string of the molecule is C[C@@H](N1CCN(c2ncn(Cc3ccc(C(F)(F)F)cc3)n2)CC1)[C@](O)(Cn1cncn1)c1ccc(F)cc1F. The molecule has 0 saturated carbocycles. The van der Waals surface area contributed by atoms with Crippen molar-refractivity contribution in [1.29, 1.82) is 0 Å². The molecule has 14 heteroatoms. The van der Waals surface area contributed by atoms with E-state index in [1.807, 2.05) is 9.80 Å². The summed E-state index contributed by atoms with van der Waals surface area (Å²) in [6.45, 7) is 3.98. The van der Waals surface area contributed by atoms with Crippen LogP contribution in [-0.2, 0) is 24.9 Å². The van der Waals surface area contributed by atoms with Gasteiger partial charge in [-0.15, -0.1) is 5.10 Å². The monoisotopic (exact) mass is 562 g/mol. The summed E-state index contributed by atoms with van der Waals surface area (Å²) in [6, 6.07) is 7.43. The maximum atomic E-state index is 14.9. The topological polar surface area (TPSA) is 88.1 Å². The number of aliphatic hydroxyl groups is 1. The molecular weight excluding hydrogens is 535 g/mol. The van der Waals surface area contributed by atoms with Crippen LogP contribution < -0.4 is 4.90 Å². The van der Waals surface area contributed by atoms with E-state index in [1.165, 1.54) is 41.9 Å². The zero-order valence-corrected chi connectivity index (χ0v) is 21.5. The lowest BCUT2D eigenvalue weighted by atomic mass is 9.85. The quantitative estimate of drug-likeness (QED) is 0.330. The first-order chi connectivity index (χ1) is 19.0. The Morgan fingerprint density at radius 2 is 1.68 bits per heavy atom. The number of piperazine rings is 1. The minimum absolute atomic E-state index is 0.0389. The Morgan fingerprint density at radius 3 is 2.30 bits per heavy atom. The summed E-state index contributed by atoms with van der Waals surface area (Å²) in [6.07, 6.45) is -0.133. The molecule has 0 aliphatic carbocycles. The van der Waals surface area contributed by atoms with Crippen molar-refractivity contribution in [3.63, 3.8) is 0 Å². The zero-order chi connectivity index (χ0) is 28.5. The number of benzene rings is 2. The minimum Gasteiger partial charge on any atom is -0.381 e. The van der Waals surface area contributed by atoms with Crippen LogP contribution >= 0.6 is 0 Å². The van der Waals surface area contributed by atoms with E-state index in [4.69, 9.17) is 0 Å². The summed E-state index contributed by atoms with van der Waals surface area (Å²) in [4.78, 5) is 12.2. The van der Waals surface area contributed by atoms with Gasteiger partial charge in [-0.3, -0.25) is 4.90 Å². The van der Waals surface area contributed by atoms with Gasteiger partial charge in [-0.05, 0) is 30.7 Å². The molecule has 40 heavy (non-hydrogen) atoms. The van der Waals surface area contributed by atoms with Crippen molar-refractivity contribution in [1.82, 2.24) is 34.4 Å². The van der Waals surface area contributed by atoms with Crippen LogP contribution in [0, 0.1) is 11.6 Å². The van der Waals surface area contributed by atoms with Gasteiger partial charge in [0, 0.05) is 43.9 Å². The largest absolute Gasteiger partial charge is 0.416 e. The third kappa shape index (κ3) is 5.82. The molecule has 0 bridgehead atoms. The van der Waals surface area contributed by atoms with E-state index in [9.17, 15) is 27.1 Å². The highest BCUT2D eigenvalue weighted by atomic mass is 19.4. The first kappa shape index (κ1) is 27.6. The highest BCUT2D eigenvalue weighted by Gasteiger charge is 2.43. The molecule has 1 fully saturated rings. The molecule has 0 unspecified atom stereocenters. The zero-order valence-electron chi connectivity index (χ0n) is 21.5. The maximum absolute atomic E-state index is 14.9. The van der Waals surface area contributed by atoms with Crippen molar-refractivity contribution in [2.75, 3.05) is 31.1 Å². The van der Waals surface area contributed by atoms with Crippen LogP contribution in [0.4, 0.5) is 27.9 Å². The molecule has 1 saturated heterocycles. The van der Waals surface area contributed by atoms with Crippen LogP contribution in [0.1, 0.15) is 23.6 Å². The third-order valence-electron chi connectivity index (χ3n) is 7.25. The maximum Gasteiger partial charge on any atom is 0.416 e. The first-order valence-corrected chi connectivity index (χ1v) is 12.6. The molecule has 212 valence electrons. The summed E-state index contributed by atoms with van der Waals surface area (Å²) >= 11 is 0. The molecule has 5 rings (SSSR count). The van der Waals surface area contributed by atoms with E-state index in [0.29, 0.717) is 37.7 Å². The van der Waals surface area contributed by atoms with Crippen LogP contribution in [0.2, 0.25) is 0 Å². The molecule has 9 nitrogen and oxygen atoms in total. The van der Waals surface area contributed by atoms with Crippen molar-refractivity contribution in [3.8, 4) is 0 Å². The van der Waals surface area contributed by atoms with Gasteiger partial charge in [0.25, 0.3) is 0 Å². The van der Waals surface area contributed by atoms with Crippen molar-refractivity contribution < 1.29 is 27.1 Å². The van der Waals surface area contributed by atoms with E-state index in [-0.39, 0.29) is 18.7 Å². The lowest BCUT2D eigenvalue weighted by Gasteiger charge is -2.44. The second-order valence-corrected chi connectivity index (χ2v) is 9.78. The minimum atomic E-state index is -4.39. The molecule has 0 spiro atoms. The van der Waals surface area contributed by atoms with Crippen LogP contribution in [0.3, 0.4) is 0 Å². The van der Waals surface area contributed by atoms with Gasteiger partial charge in [-0.25, -0.2) is 28.1 Å². The molecule has 2 atom stereocenters. The Hall–Kier alpha value is -3.91. The summed E-state index contributed by atoms with van der Waals surface area (Å²) < 4.78 is 69.9. The van der Waals surface area contributed by atoms with Crippen LogP contribution in [-0.4, -0.2) is 71.8 Å². The fourth-order valence-corrected chi connectivity index (χ4v) is 4.95. The van der Waals surface area contributed by atoms with Crippen LogP contribution in [0.25, 0.3) is 0 Å². The molecule has 3 heterocycles. The fraction of sp³-hybridized carbons (Fsp3) is 0.385. The normalized spacial score (nSPS) is 17.1. The van der Waals surface area contributed by atoms with Crippen LogP contribution in [0.5, 0.6) is 0 Å². The molecule has 0 radical (unpaired) electrons. The Bertz CT molecular complexity index is 1420. The number of hydrogen-bond acceptors (Lipinski definition) is 7. The Morgan fingerprint density at radius 1 is 0.950 bits per heavy atom. The van der Waals surface area contributed by atoms with Gasteiger partial charge in [0.1, 0.15) is 36.2 Å². The number of alkyl halides is 3. The van der Waals surface area contributed by atoms with Gasteiger partial charge >= 0.3 is 6.18 Å². The Kier molecular flexibility index (Phi) is 7.55. The number of halogens is 5. The highest BCUT2D eigenvalue weighted by molar-refractivity contribution is 5.31. The molecule has 2 aromatic carbocycles. The first-order valence-electron chi connectivity index (χ1n) is 12.6. The van der Waals surface area contributed by atoms with E-state index in [0.717, 1.165) is 24.3 Å². The van der Waals surface area contributed by atoms with Gasteiger partial charge < -0.3 is 10.0 Å². The summed E-state index contributed by atoms with van der Waals surface area (Å²) in [5, 5.41) is 20.4. The van der Waals surface area contributed by atoms with Gasteiger partial charge in [0.15, 0.2) is 0 Å². The average molecular weight is 563 g/mol. The molecule has 1 N–H and O–H groups in total. The van der Waals surface area contributed by atoms with Crippen molar-refractivity contribution in [2.45, 2.75) is 37.8 Å². The molecule has 2 aromatic heterocycles. The van der Waals surface area contributed by atoms with E-state index < -0.39 is 35.0 Å². The van der Waals surface area contributed by atoms with Crippen molar-refractivity contribution >= 4 is 5.95 Å². The lowest BCUT2D eigenvalue weighted by Crippen LogP contribution is -2.57. The summed E-state index contributed by atoms with van der Waals surface area (Å²) in [7, 11) is 0. The molecule has 0 amide bonds. The number of nitrogens with zero attached hydrogens (tertiary/aromatic N) is 8. The fourth-order valence-electron chi connectivity index (χ4n) is 4.95. The standard InChI is InChI=1S/C26H27F5N8O/c1-18(25(40,14-39-16-32-15-34-39)22-7-6-21(27)12-23(22)28)36-8-10-37(11-9-36)24-33-17-38(35-24)13-19-2-4-20(5-3-19)26(29,30)31/h2-7,12,15-18,40H,8-11,13-14H2,1H3/t18-,25-/m1/s1. The highest BCUT2D eigenvalue weighted by Crippen LogP contribution is 2.33. The smallest absolute Gasteiger partial charge is 0.381 e. The average Bonchev–Trinajstić information content (AvgIpc) is 3.60. The number of aromatic nitrogens is 6. The number of hydrogen-bond donors (Lipinski definition) is 1. The Balaban J connectivity index is 1.25. The lowest BCUT2D eigenvalue weighted by molar-refractivity contribution is -0.137. The molecule has 1 aliphatic heterocycles. The van der Waals surface area contributed by atoms with Crippen LogP contribution in [0.15, 0.2) is 61.4 Å². The van der Waals surface area contributed by atoms with Crippen molar-refractivity contribution in [2.24, 2.45) is 0 Å². The summed E-state index contributed by atoms with van der Waals surface area (Å²) in [5.74, 6) is -1.12. The van der Waals surface area contributed by atoms with E-state index in [2.05, 4.69) is 20.2 Å². The van der Waals surface area contributed by atoms with Gasteiger partial charge in [-0.2, -0.15) is 18.3 Å². The second-order valence-electron chi connectivity index (χ2n) is 9.78. The third-order valence-corrected chi connectivity index (χ3v) is 7.25. The summed E-state index contributed by atoms with van der Waals surface area (Å²) in [5.41, 5.74) is -1.83. The predicted octanol–water partition coefficient (Wildman–Crippen LogP) is 3.31. The van der Waals surface area contributed by atoms with Gasteiger partial charge in [-0.1, -0.05) is 18.2 Å². The van der Waals surface area contributed by atoms with Gasteiger partial charge in [0.05, 0.1) is 18.7 Å². The molecule has 4 aromatic rings. The number of rotatable bonds is 8. The second kappa shape index (κ2) is 10.9. The Labute approximate surface area is 226 Å². The van der Waals surface area contributed by atoms with Crippen molar-refractivity contribution in [3.05, 3.63) is 89.8 Å².